The quantitative estimate of drug-likeness (QED) is 0.290. The molecule has 2 saturated carbocycles. The summed E-state index contributed by atoms with van der Waals surface area (Å²) in [4.78, 5) is 0. The summed E-state index contributed by atoms with van der Waals surface area (Å²) in [5, 5.41) is 0. The van der Waals surface area contributed by atoms with E-state index in [4.69, 9.17) is 23.7 Å². The van der Waals surface area contributed by atoms with Crippen LogP contribution >= 0.6 is 0 Å². The van der Waals surface area contributed by atoms with E-state index < -0.39 is 0 Å². The molecule has 2 fully saturated rings. The van der Waals surface area contributed by atoms with Crippen LogP contribution in [0.2, 0.25) is 0 Å². The average molecular weight is 415 g/mol. The smallest absolute Gasteiger partial charge is 0.0914 e. The van der Waals surface area contributed by atoms with Gasteiger partial charge in [0.2, 0.25) is 0 Å². The molecule has 0 atom stereocenters. The summed E-state index contributed by atoms with van der Waals surface area (Å²) in [5.74, 6) is 0. The van der Waals surface area contributed by atoms with E-state index >= 15 is 0 Å². The Labute approximate surface area is 179 Å². The summed E-state index contributed by atoms with van der Waals surface area (Å²) < 4.78 is 30.6. The summed E-state index contributed by atoms with van der Waals surface area (Å²) in [6.45, 7) is 14.2. The van der Waals surface area contributed by atoms with Gasteiger partial charge in [-0.25, -0.2) is 0 Å². The maximum absolute atomic E-state index is 6.26. The summed E-state index contributed by atoms with van der Waals surface area (Å²) in [6, 6.07) is 0. The molecule has 2 aliphatic rings. The molecule has 2 aliphatic carbocycles. The first kappa shape index (κ1) is 25.1. The first-order valence-corrected chi connectivity index (χ1v) is 12.1. The van der Waals surface area contributed by atoms with E-state index in [1.165, 1.54) is 12.8 Å². The van der Waals surface area contributed by atoms with Gasteiger partial charge in [-0.05, 0) is 65.2 Å². The second kappa shape index (κ2) is 12.6. The van der Waals surface area contributed by atoms with E-state index in [0.29, 0.717) is 33.0 Å². The van der Waals surface area contributed by atoms with Crippen LogP contribution in [0.15, 0.2) is 0 Å². The Morgan fingerprint density at radius 1 is 0.690 bits per heavy atom. The average Bonchev–Trinajstić information content (AvgIpc) is 2.67. The summed E-state index contributed by atoms with van der Waals surface area (Å²) in [5.41, 5.74) is -0.214. The molecule has 0 saturated heterocycles. The Balaban J connectivity index is 1.87. The zero-order valence-electron chi connectivity index (χ0n) is 19.6. The van der Waals surface area contributed by atoms with Crippen molar-refractivity contribution in [3.8, 4) is 0 Å². The fourth-order valence-corrected chi connectivity index (χ4v) is 4.29. The number of unbranched alkanes of at least 4 members (excludes halogenated alkanes) is 1. The largest absolute Gasteiger partial charge is 0.381 e. The van der Waals surface area contributed by atoms with Crippen LogP contribution in [0.1, 0.15) is 85.5 Å². The van der Waals surface area contributed by atoms with Crippen molar-refractivity contribution in [2.75, 3.05) is 52.9 Å². The van der Waals surface area contributed by atoms with Crippen molar-refractivity contribution in [3.63, 3.8) is 0 Å². The molecule has 0 amide bonds. The van der Waals surface area contributed by atoms with Crippen LogP contribution in [0.4, 0.5) is 0 Å². The van der Waals surface area contributed by atoms with Gasteiger partial charge in [0.15, 0.2) is 0 Å². The van der Waals surface area contributed by atoms with Crippen LogP contribution in [0.3, 0.4) is 0 Å². The topological polar surface area (TPSA) is 46.2 Å². The van der Waals surface area contributed by atoms with Gasteiger partial charge in [-0.3, -0.25) is 0 Å². The van der Waals surface area contributed by atoms with E-state index in [0.717, 1.165) is 64.8 Å². The van der Waals surface area contributed by atoms with Crippen molar-refractivity contribution >= 4 is 0 Å². The van der Waals surface area contributed by atoms with E-state index in [2.05, 4.69) is 27.7 Å². The molecule has 172 valence electrons. The lowest BCUT2D eigenvalue weighted by Crippen LogP contribution is -2.48. The highest BCUT2D eigenvalue weighted by atomic mass is 16.6. The van der Waals surface area contributed by atoms with Crippen molar-refractivity contribution in [2.45, 2.75) is 96.7 Å². The zero-order valence-corrected chi connectivity index (χ0v) is 19.6. The molecule has 2 rings (SSSR count). The molecule has 5 heteroatoms. The molecule has 0 radical (unpaired) electrons. The van der Waals surface area contributed by atoms with E-state index in [1.54, 1.807) is 0 Å². The number of ether oxygens (including phenoxy) is 5. The first-order chi connectivity index (χ1) is 14.1. The normalized spacial score (nSPS) is 20.3. The minimum Gasteiger partial charge on any atom is -0.381 e. The monoisotopic (exact) mass is 414 g/mol. The number of hydrogen-bond acceptors (Lipinski definition) is 5. The second-order valence-corrected chi connectivity index (χ2v) is 9.18. The molecule has 0 bridgehead atoms. The van der Waals surface area contributed by atoms with Gasteiger partial charge in [0.05, 0.1) is 44.2 Å². The predicted octanol–water partition coefficient (Wildman–Crippen LogP) is 5.15. The molecule has 0 aromatic carbocycles. The molecule has 0 heterocycles. The van der Waals surface area contributed by atoms with Crippen LogP contribution in [0.25, 0.3) is 0 Å². The highest BCUT2D eigenvalue weighted by molar-refractivity contribution is 4.91. The molecule has 0 unspecified atom stereocenters. The standard InChI is InChI=1S/C24H46O5/c1-5-9-16-25-17-22(6-2,18-26-20-23(28-7-3)12-10-13-23)19-27-21-24(29-8-4)14-11-15-24/h5-21H2,1-4H3. The molecule has 0 aromatic rings. The van der Waals surface area contributed by atoms with Crippen LogP contribution in [0, 0.1) is 5.41 Å². The Kier molecular flexibility index (Phi) is 10.9. The molecule has 0 aliphatic heterocycles. The fourth-order valence-electron chi connectivity index (χ4n) is 4.29. The van der Waals surface area contributed by atoms with Gasteiger partial charge in [0.1, 0.15) is 0 Å². The Bertz CT molecular complexity index is 401. The summed E-state index contributed by atoms with van der Waals surface area (Å²) in [7, 11) is 0. The van der Waals surface area contributed by atoms with Crippen molar-refractivity contribution < 1.29 is 23.7 Å². The van der Waals surface area contributed by atoms with Gasteiger partial charge in [-0.2, -0.15) is 0 Å². The maximum atomic E-state index is 6.26. The highest BCUT2D eigenvalue weighted by Crippen LogP contribution is 2.38. The van der Waals surface area contributed by atoms with Crippen molar-refractivity contribution in [3.05, 3.63) is 0 Å². The van der Waals surface area contributed by atoms with Gasteiger partial charge in [-0.1, -0.05) is 20.3 Å². The second-order valence-electron chi connectivity index (χ2n) is 9.18. The highest BCUT2D eigenvalue weighted by Gasteiger charge is 2.41. The Hall–Kier alpha value is -0.200. The van der Waals surface area contributed by atoms with Gasteiger partial charge in [0.25, 0.3) is 0 Å². The minimum atomic E-state index is -0.109. The lowest BCUT2D eigenvalue weighted by atomic mass is 9.80. The zero-order chi connectivity index (χ0) is 21.1. The minimum absolute atomic E-state index is 0.0525. The third kappa shape index (κ3) is 7.46. The van der Waals surface area contributed by atoms with E-state index in [9.17, 15) is 0 Å². The van der Waals surface area contributed by atoms with Crippen LogP contribution in [0.5, 0.6) is 0 Å². The molecular formula is C24H46O5. The predicted molar refractivity (Wildman–Crippen MR) is 117 cm³/mol. The van der Waals surface area contributed by atoms with Gasteiger partial charge in [0, 0.05) is 25.2 Å². The van der Waals surface area contributed by atoms with E-state index in [1.807, 2.05) is 0 Å². The first-order valence-electron chi connectivity index (χ1n) is 12.1. The molecule has 5 nitrogen and oxygen atoms in total. The molecule has 0 aromatic heterocycles. The molecule has 0 spiro atoms. The van der Waals surface area contributed by atoms with Crippen molar-refractivity contribution in [1.82, 2.24) is 0 Å². The van der Waals surface area contributed by atoms with Crippen LogP contribution in [-0.4, -0.2) is 64.1 Å². The third-order valence-corrected chi connectivity index (χ3v) is 6.78. The lowest BCUT2D eigenvalue weighted by Gasteiger charge is -2.43. The molecule has 0 N–H and O–H groups in total. The number of rotatable bonds is 18. The van der Waals surface area contributed by atoms with Crippen molar-refractivity contribution in [1.29, 1.82) is 0 Å². The molecular weight excluding hydrogens is 368 g/mol. The Morgan fingerprint density at radius 2 is 1.17 bits per heavy atom. The molecule has 29 heavy (non-hydrogen) atoms. The summed E-state index contributed by atoms with van der Waals surface area (Å²) >= 11 is 0. The van der Waals surface area contributed by atoms with Gasteiger partial charge < -0.3 is 23.7 Å². The van der Waals surface area contributed by atoms with Crippen molar-refractivity contribution in [2.24, 2.45) is 5.41 Å². The van der Waals surface area contributed by atoms with Gasteiger partial charge >= 0.3 is 0 Å². The Morgan fingerprint density at radius 3 is 1.52 bits per heavy atom. The van der Waals surface area contributed by atoms with E-state index in [-0.39, 0.29) is 16.6 Å². The third-order valence-electron chi connectivity index (χ3n) is 6.78. The maximum Gasteiger partial charge on any atom is 0.0914 e. The SMILES string of the molecule is CCCCOCC(CC)(COCC1(OCC)CCC1)COCC1(OCC)CCC1. The fraction of sp³-hybridized carbons (Fsp3) is 1.00. The van der Waals surface area contributed by atoms with Crippen LogP contribution < -0.4 is 0 Å². The lowest BCUT2D eigenvalue weighted by molar-refractivity contribution is -0.171. The van der Waals surface area contributed by atoms with Crippen LogP contribution in [-0.2, 0) is 23.7 Å². The van der Waals surface area contributed by atoms with Gasteiger partial charge in [-0.15, -0.1) is 0 Å². The number of hydrogen-bond donors (Lipinski definition) is 0. The summed E-state index contributed by atoms with van der Waals surface area (Å²) in [6.07, 6.45) is 10.2.